The number of hydrogen-bond donors (Lipinski definition) is 1. The molecule has 0 saturated carbocycles. The van der Waals surface area contributed by atoms with E-state index in [1.165, 1.54) is 0 Å². The average molecular weight is 473 g/mol. The fraction of sp³-hybridized carbons (Fsp3) is 0.400. The zero-order valence-corrected chi connectivity index (χ0v) is 16.0. The molecule has 0 bridgehead atoms. The normalized spacial score (nSPS) is 14.9. The number of aliphatic hydroxyl groups excluding tert-OH is 1. The summed E-state index contributed by atoms with van der Waals surface area (Å²) >= 11 is 0. The van der Waals surface area contributed by atoms with Crippen molar-refractivity contribution in [3.05, 3.63) is 48.5 Å². The smallest absolute Gasteiger partial charge is 0.389 e. The molecule has 3 rings (SSSR count). The van der Waals surface area contributed by atoms with Gasteiger partial charge in [-0.3, -0.25) is 0 Å². The summed E-state index contributed by atoms with van der Waals surface area (Å²) in [4.78, 5) is 0. The number of halogens is 9. The molecule has 0 amide bonds. The number of aromatic nitrogens is 1. The SMILES string of the molecule is O[C@H](COCC(F)(F)C(F)(F)C(F)(F)C(F)(F)F)Cn1c2ccccc2c2ccccc21. The first kappa shape index (κ1) is 24.2. The van der Waals surface area contributed by atoms with E-state index in [0.717, 1.165) is 10.8 Å². The van der Waals surface area contributed by atoms with Gasteiger partial charge in [0.15, 0.2) is 0 Å². The highest BCUT2D eigenvalue weighted by Crippen LogP contribution is 2.53. The molecule has 3 aromatic rings. The minimum Gasteiger partial charge on any atom is -0.389 e. The van der Waals surface area contributed by atoms with Crippen molar-refractivity contribution in [1.82, 2.24) is 4.57 Å². The zero-order chi connectivity index (χ0) is 23.9. The third-order valence-corrected chi connectivity index (χ3v) is 4.88. The Morgan fingerprint density at radius 1 is 0.750 bits per heavy atom. The van der Waals surface area contributed by atoms with Gasteiger partial charge in [-0.05, 0) is 12.1 Å². The quantitative estimate of drug-likeness (QED) is 0.430. The lowest BCUT2D eigenvalue weighted by atomic mass is 10.0. The summed E-state index contributed by atoms with van der Waals surface area (Å²) in [6, 6.07) is 14.0. The van der Waals surface area contributed by atoms with Gasteiger partial charge in [-0.25, -0.2) is 0 Å². The van der Waals surface area contributed by atoms with E-state index in [4.69, 9.17) is 0 Å². The second-order valence-electron chi connectivity index (χ2n) is 7.16. The summed E-state index contributed by atoms with van der Waals surface area (Å²) in [6.45, 7) is -3.70. The molecule has 0 spiro atoms. The van der Waals surface area contributed by atoms with Crippen LogP contribution in [0, 0.1) is 0 Å². The van der Waals surface area contributed by atoms with Crippen LogP contribution >= 0.6 is 0 Å². The van der Waals surface area contributed by atoms with Crippen LogP contribution in [-0.4, -0.2) is 52.9 Å². The van der Waals surface area contributed by atoms with Gasteiger partial charge in [0.1, 0.15) is 6.61 Å². The summed E-state index contributed by atoms with van der Waals surface area (Å²) in [5.74, 6) is -19.6. The highest BCUT2D eigenvalue weighted by atomic mass is 19.4. The van der Waals surface area contributed by atoms with Crippen molar-refractivity contribution >= 4 is 21.8 Å². The first-order valence-corrected chi connectivity index (χ1v) is 9.12. The van der Waals surface area contributed by atoms with Crippen molar-refractivity contribution in [2.45, 2.75) is 36.6 Å². The van der Waals surface area contributed by atoms with Crippen molar-refractivity contribution in [1.29, 1.82) is 0 Å². The van der Waals surface area contributed by atoms with Gasteiger partial charge >= 0.3 is 23.9 Å². The molecular weight excluding hydrogens is 457 g/mol. The van der Waals surface area contributed by atoms with Crippen molar-refractivity contribution in [3.63, 3.8) is 0 Å². The Morgan fingerprint density at radius 2 is 1.22 bits per heavy atom. The van der Waals surface area contributed by atoms with Crippen LogP contribution in [0.25, 0.3) is 21.8 Å². The summed E-state index contributed by atoms with van der Waals surface area (Å²) < 4.78 is 122. The Morgan fingerprint density at radius 3 is 1.69 bits per heavy atom. The molecule has 1 aromatic heterocycles. The third kappa shape index (κ3) is 4.01. The van der Waals surface area contributed by atoms with Crippen LogP contribution in [0.15, 0.2) is 48.5 Å². The maximum Gasteiger partial charge on any atom is 0.460 e. The Labute approximate surface area is 175 Å². The molecule has 3 nitrogen and oxygen atoms in total. The van der Waals surface area contributed by atoms with Gasteiger partial charge < -0.3 is 14.4 Å². The molecule has 1 heterocycles. The van der Waals surface area contributed by atoms with Crippen LogP contribution in [-0.2, 0) is 11.3 Å². The lowest BCUT2D eigenvalue weighted by Gasteiger charge is -2.33. The molecule has 0 saturated heterocycles. The number of hydrogen-bond acceptors (Lipinski definition) is 2. The van der Waals surface area contributed by atoms with E-state index in [1.54, 1.807) is 53.1 Å². The number of fused-ring (bicyclic) bond motifs is 3. The Hall–Kier alpha value is -2.47. The van der Waals surface area contributed by atoms with Crippen LogP contribution in [0.2, 0.25) is 0 Å². The number of rotatable bonds is 8. The number of alkyl halides is 9. The number of ether oxygens (including phenoxy) is 1. The molecule has 32 heavy (non-hydrogen) atoms. The molecule has 0 aliphatic heterocycles. The van der Waals surface area contributed by atoms with Gasteiger partial charge in [0.25, 0.3) is 0 Å². The predicted octanol–water partition coefficient (Wildman–Crippen LogP) is 5.64. The molecular formula is C20H16F9NO2. The maximum atomic E-state index is 13.5. The van der Waals surface area contributed by atoms with Gasteiger partial charge in [-0.1, -0.05) is 36.4 Å². The molecule has 0 unspecified atom stereocenters. The van der Waals surface area contributed by atoms with Crippen molar-refractivity contribution in [2.75, 3.05) is 13.2 Å². The number of benzene rings is 2. The summed E-state index contributed by atoms with van der Waals surface area (Å²) in [5.41, 5.74) is 1.32. The van der Waals surface area contributed by atoms with Crippen LogP contribution < -0.4 is 0 Å². The standard InChI is InChI=1S/C20H16F9NO2/c21-17(22,18(23,24)19(25,26)20(27,28)29)11-32-10-12(31)9-30-15-7-3-1-5-13(15)14-6-2-4-8-16(14)30/h1-8,12,31H,9-11H2/t12-/m0/s1. The van der Waals surface area contributed by atoms with E-state index in [-0.39, 0.29) is 6.54 Å². The predicted molar refractivity (Wildman–Crippen MR) is 97.2 cm³/mol. The monoisotopic (exact) mass is 473 g/mol. The summed E-state index contributed by atoms with van der Waals surface area (Å²) in [5, 5.41) is 11.8. The van der Waals surface area contributed by atoms with E-state index in [9.17, 15) is 44.6 Å². The minimum atomic E-state index is -6.98. The molecule has 2 aromatic carbocycles. The summed E-state index contributed by atoms with van der Waals surface area (Å²) in [7, 11) is 0. The minimum absolute atomic E-state index is 0.241. The lowest BCUT2D eigenvalue weighted by molar-refractivity contribution is -0.400. The van der Waals surface area contributed by atoms with Crippen molar-refractivity contribution in [3.8, 4) is 0 Å². The molecule has 176 valence electrons. The van der Waals surface area contributed by atoms with Gasteiger partial charge in [0.2, 0.25) is 0 Å². The van der Waals surface area contributed by atoms with E-state index in [1.807, 2.05) is 0 Å². The Bertz CT molecular complexity index is 1040. The van der Waals surface area contributed by atoms with Gasteiger partial charge in [-0.15, -0.1) is 0 Å². The van der Waals surface area contributed by atoms with Crippen molar-refractivity contribution in [2.24, 2.45) is 0 Å². The number of para-hydroxylation sites is 2. The first-order valence-electron chi connectivity index (χ1n) is 9.12. The lowest BCUT2D eigenvalue weighted by Crippen LogP contribution is -2.62. The van der Waals surface area contributed by atoms with Crippen LogP contribution in [0.3, 0.4) is 0 Å². The highest BCUT2D eigenvalue weighted by Gasteiger charge is 2.81. The highest BCUT2D eigenvalue weighted by molar-refractivity contribution is 6.07. The Kier molecular flexibility index (Phi) is 6.15. The van der Waals surface area contributed by atoms with Gasteiger partial charge in [-0.2, -0.15) is 39.5 Å². The molecule has 0 aliphatic rings. The van der Waals surface area contributed by atoms with E-state index < -0.39 is 43.3 Å². The second kappa shape index (κ2) is 8.14. The number of nitrogens with zero attached hydrogens (tertiary/aromatic N) is 1. The van der Waals surface area contributed by atoms with Gasteiger partial charge in [0.05, 0.1) is 19.3 Å². The second-order valence-corrected chi connectivity index (χ2v) is 7.16. The van der Waals surface area contributed by atoms with Gasteiger partial charge in [0, 0.05) is 21.8 Å². The molecule has 1 atom stereocenters. The van der Waals surface area contributed by atoms with E-state index in [2.05, 4.69) is 4.74 Å². The first-order chi connectivity index (χ1) is 14.7. The van der Waals surface area contributed by atoms with Crippen LogP contribution in [0.1, 0.15) is 0 Å². The topological polar surface area (TPSA) is 34.4 Å². The Balaban J connectivity index is 1.71. The van der Waals surface area contributed by atoms with E-state index in [0.29, 0.717) is 11.0 Å². The molecule has 1 N–H and O–H groups in total. The zero-order valence-electron chi connectivity index (χ0n) is 16.0. The van der Waals surface area contributed by atoms with E-state index >= 15 is 0 Å². The molecule has 0 radical (unpaired) electrons. The number of aliphatic hydroxyl groups is 1. The molecule has 12 heteroatoms. The van der Waals surface area contributed by atoms with Crippen molar-refractivity contribution < 1.29 is 49.4 Å². The fourth-order valence-electron chi connectivity index (χ4n) is 3.28. The fourth-order valence-corrected chi connectivity index (χ4v) is 3.28. The van der Waals surface area contributed by atoms with Crippen LogP contribution in [0.4, 0.5) is 39.5 Å². The summed E-state index contributed by atoms with van der Waals surface area (Å²) in [6.07, 6.45) is -8.45. The molecule has 0 aliphatic carbocycles. The third-order valence-electron chi connectivity index (χ3n) is 4.88. The average Bonchev–Trinajstić information content (AvgIpc) is 3.01. The largest absolute Gasteiger partial charge is 0.460 e. The maximum absolute atomic E-state index is 13.5. The van der Waals surface area contributed by atoms with Crippen LogP contribution in [0.5, 0.6) is 0 Å². The molecule has 0 fully saturated rings.